The number of hydrogen-bond donors (Lipinski definition) is 2. The van der Waals surface area contributed by atoms with Gasteiger partial charge in [0.05, 0.1) is 0 Å². The van der Waals surface area contributed by atoms with Crippen LogP contribution in [0.4, 0.5) is 0 Å². The topological polar surface area (TPSA) is 70.5 Å². The van der Waals surface area contributed by atoms with Crippen LogP contribution in [0.5, 0.6) is 0 Å². The Bertz CT molecular complexity index is 199. The third-order valence-corrected chi connectivity index (χ3v) is 4.83. The Hall–Kier alpha value is -0.160. The molecule has 2 saturated heterocycles. The lowest BCUT2D eigenvalue weighted by molar-refractivity contribution is -0.0472. The van der Waals surface area contributed by atoms with Crippen molar-refractivity contribution in [2.75, 3.05) is 39.5 Å². The van der Waals surface area contributed by atoms with Crippen LogP contribution in [0.2, 0.25) is 0 Å². The van der Waals surface area contributed by atoms with E-state index in [-0.39, 0.29) is 5.41 Å². The van der Waals surface area contributed by atoms with Gasteiger partial charge in [0, 0.05) is 31.8 Å². The molecule has 4 nitrogen and oxygen atoms in total. The fourth-order valence-corrected chi connectivity index (χ4v) is 3.63. The summed E-state index contributed by atoms with van der Waals surface area (Å²) in [6, 6.07) is 0. The predicted octanol–water partition coefficient (Wildman–Crippen LogP) is 0.743. The fourth-order valence-electron chi connectivity index (χ4n) is 3.63. The molecule has 2 aliphatic heterocycles. The summed E-state index contributed by atoms with van der Waals surface area (Å²) in [6.07, 6.45) is 4.47. The highest BCUT2D eigenvalue weighted by Crippen LogP contribution is 2.44. The average Bonchev–Trinajstić information content (AvgIpc) is 2.43. The van der Waals surface area contributed by atoms with Crippen LogP contribution in [0, 0.1) is 17.3 Å². The molecule has 0 aromatic heterocycles. The quantitative estimate of drug-likeness (QED) is 0.763. The SMILES string of the molecule is NCC(CN)(C1CCOCC1)C1CCOCC1. The van der Waals surface area contributed by atoms with E-state index in [9.17, 15) is 0 Å². The maximum atomic E-state index is 6.12. The van der Waals surface area contributed by atoms with E-state index in [1.807, 2.05) is 0 Å². The first-order chi connectivity index (χ1) is 8.33. The van der Waals surface area contributed by atoms with Gasteiger partial charge < -0.3 is 20.9 Å². The first kappa shape index (κ1) is 13.3. The van der Waals surface area contributed by atoms with E-state index in [0.29, 0.717) is 24.9 Å². The van der Waals surface area contributed by atoms with Crippen molar-refractivity contribution in [3.05, 3.63) is 0 Å². The molecule has 2 aliphatic rings. The fraction of sp³-hybridized carbons (Fsp3) is 1.00. The summed E-state index contributed by atoms with van der Waals surface area (Å²) in [5, 5.41) is 0. The molecule has 17 heavy (non-hydrogen) atoms. The van der Waals surface area contributed by atoms with Crippen LogP contribution in [0.1, 0.15) is 25.7 Å². The second-order valence-electron chi connectivity index (χ2n) is 5.41. The molecule has 2 rings (SSSR count). The van der Waals surface area contributed by atoms with E-state index in [4.69, 9.17) is 20.9 Å². The monoisotopic (exact) mass is 242 g/mol. The normalized spacial score (nSPS) is 25.1. The largest absolute Gasteiger partial charge is 0.381 e. The van der Waals surface area contributed by atoms with Crippen LogP contribution in [0.3, 0.4) is 0 Å². The second kappa shape index (κ2) is 6.14. The second-order valence-corrected chi connectivity index (χ2v) is 5.41. The van der Waals surface area contributed by atoms with Gasteiger partial charge in [-0.2, -0.15) is 0 Å². The zero-order chi connectivity index (χ0) is 12.1. The molecule has 0 spiro atoms. The van der Waals surface area contributed by atoms with Gasteiger partial charge in [-0.3, -0.25) is 0 Å². The van der Waals surface area contributed by atoms with Crippen molar-refractivity contribution < 1.29 is 9.47 Å². The van der Waals surface area contributed by atoms with Gasteiger partial charge in [0.1, 0.15) is 0 Å². The molecule has 2 heterocycles. The Balaban J connectivity index is 2.10. The first-order valence-corrected chi connectivity index (χ1v) is 6.89. The van der Waals surface area contributed by atoms with Gasteiger partial charge in [-0.1, -0.05) is 0 Å². The summed E-state index contributed by atoms with van der Waals surface area (Å²) in [6.45, 7) is 4.90. The molecule has 0 amide bonds. The maximum absolute atomic E-state index is 6.12. The van der Waals surface area contributed by atoms with Gasteiger partial charge in [0.15, 0.2) is 0 Å². The molecular formula is C13H26N2O2. The average molecular weight is 242 g/mol. The molecule has 0 aromatic carbocycles. The van der Waals surface area contributed by atoms with Crippen LogP contribution in [0.15, 0.2) is 0 Å². The Morgan fingerprint density at radius 3 is 1.41 bits per heavy atom. The summed E-state index contributed by atoms with van der Waals surface area (Å²) < 4.78 is 10.9. The Morgan fingerprint density at radius 2 is 1.12 bits per heavy atom. The van der Waals surface area contributed by atoms with E-state index >= 15 is 0 Å². The van der Waals surface area contributed by atoms with Crippen LogP contribution in [0.25, 0.3) is 0 Å². The van der Waals surface area contributed by atoms with Crippen molar-refractivity contribution in [3.63, 3.8) is 0 Å². The van der Waals surface area contributed by atoms with Crippen LogP contribution in [-0.2, 0) is 9.47 Å². The molecule has 0 saturated carbocycles. The molecular weight excluding hydrogens is 216 g/mol. The van der Waals surface area contributed by atoms with Crippen molar-refractivity contribution in [2.24, 2.45) is 28.7 Å². The van der Waals surface area contributed by atoms with Crippen LogP contribution in [-0.4, -0.2) is 39.5 Å². The van der Waals surface area contributed by atoms with Gasteiger partial charge in [0.2, 0.25) is 0 Å². The zero-order valence-corrected chi connectivity index (χ0v) is 10.7. The molecule has 0 atom stereocenters. The molecule has 100 valence electrons. The first-order valence-electron chi connectivity index (χ1n) is 6.89. The summed E-state index contributed by atoms with van der Waals surface area (Å²) in [5.41, 5.74) is 12.4. The molecule has 4 heteroatoms. The summed E-state index contributed by atoms with van der Waals surface area (Å²) in [7, 11) is 0. The lowest BCUT2D eigenvalue weighted by Gasteiger charge is -2.48. The van der Waals surface area contributed by atoms with E-state index < -0.39 is 0 Å². The minimum absolute atomic E-state index is 0.119. The zero-order valence-electron chi connectivity index (χ0n) is 10.7. The van der Waals surface area contributed by atoms with E-state index in [1.54, 1.807) is 0 Å². The summed E-state index contributed by atoms with van der Waals surface area (Å²) >= 11 is 0. The minimum Gasteiger partial charge on any atom is -0.381 e. The Morgan fingerprint density at radius 1 is 0.765 bits per heavy atom. The van der Waals surface area contributed by atoms with Crippen LogP contribution >= 0.6 is 0 Å². The summed E-state index contributed by atoms with van der Waals surface area (Å²) in [5.74, 6) is 1.27. The van der Waals surface area contributed by atoms with Crippen molar-refractivity contribution in [1.82, 2.24) is 0 Å². The highest BCUT2D eigenvalue weighted by molar-refractivity contribution is 4.95. The molecule has 0 aromatic rings. The lowest BCUT2D eigenvalue weighted by atomic mass is 9.61. The summed E-state index contributed by atoms with van der Waals surface area (Å²) in [4.78, 5) is 0. The highest BCUT2D eigenvalue weighted by Gasteiger charge is 2.43. The molecule has 0 bridgehead atoms. The molecule has 0 unspecified atom stereocenters. The van der Waals surface area contributed by atoms with E-state index in [2.05, 4.69) is 0 Å². The van der Waals surface area contributed by atoms with Gasteiger partial charge in [0.25, 0.3) is 0 Å². The van der Waals surface area contributed by atoms with Gasteiger partial charge >= 0.3 is 0 Å². The molecule has 4 N–H and O–H groups in total. The lowest BCUT2D eigenvalue weighted by Crippen LogP contribution is -2.52. The van der Waals surface area contributed by atoms with Crippen molar-refractivity contribution in [2.45, 2.75) is 25.7 Å². The third kappa shape index (κ3) is 2.65. The van der Waals surface area contributed by atoms with E-state index in [1.165, 1.54) is 0 Å². The van der Waals surface area contributed by atoms with Gasteiger partial charge in [-0.25, -0.2) is 0 Å². The standard InChI is InChI=1S/C13H26N2O2/c14-9-13(10-15,11-1-5-16-6-2-11)12-3-7-17-8-4-12/h11-12H,1-10,14-15H2. The number of ether oxygens (including phenoxy) is 2. The highest BCUT2D eigenvalue weighted by atomic mass is 16.5. The number of rotatable bonds is 4. The predicted molar refractivity (Wildman–Crippen MR) is 67.6 cm³/mol. The van der Waals surface area contributed by atoms with Crippen LogP contribution < -0.4 is 11.5 Å². The number of hydrogen-bond acceptors (Lipinski definition) is 4. The van der Waals surface area contributed by atoms with E-state index in [0.717, 1.165) is 52.1 Å². The van der Waals surface area contributed by atoms with Gasteiger partial charge in [-0.05, 0) is 50.6 Å². The van der Waals surface area contributed by atoms with Crippen molar-refractivity contribution in [1.29, 1.82) is 0 Å². The Kier molecular flexibility index (Phi) is 4.79. The molecule has 2 fully saturated rings. The van der Waals surface area contributed by atoms with Crippen molar-refractivity contribution >= 4 is 0 Å². The minimum atomic E-state index is 0.119. The maximum Gasteiger partial charge on any atom is 0.0468 e. The van der Waals surface area contributed by atoms with Gasteiger partial charge in [-0.15, -0.1) is 0 Å². The Labute approximate surface area is 104 Å². The van der Waals surface area contributed by atoms with Crippen molar-refractivity contribution in [3.8, 4) is 0 Å². The third-order valence-electron chi connectivity index (χ3n) is 4.83. The smallest absolute Gasteiger partial charge is 0.0468 e. The molecule has 0 radical (unpaired) electrons. The molecule has 0 aliphatic carbocycles. The number of nitrogens with two attached hydrogens (primary N) is 2.